The topological polar surface area (TPSA) is 66.5 Å². The molecule has 1 fully saturated rings. The highest BCUT2D eigenvalue weighted by Gasteiger charge is 2.29. The van der Waals surface area contributed by atoms with E-state index in [4.69, 9.17) is 4.98 Å². The molecular weight excluding hydrogens is 353 g/mol. The maximum atomic E-state index is 4.69. The average molecular weight is 369 g/mol. The van der Waals surface area contributed by atoms with Crippen molar-refractivity contribution in [2.45, 2.75) is 32.1 Å². The minimum Gasteiger partial charge on any atom is -0.369 e. The van der Waals surface area contributed by atoms with Gasteiger partial charge in [0.05, 0.1) is 9.26 Å². The number of nitrogens with zero attached hydrogens (tertiary/aromatic N) is 3. The van der Waals surface area contributed by atoms with E-state index in [0.717, 1.165) is 28.2 Å². The van der Waals surface area contributed by atoms with Gasteiger partial charge in [-0.15, -0.1) is 0 Å². The van der Waals surface area contributed by atoms with Crippen molar-refractivity contribution in [2.75, 3.05) is 11.9 Å². The van der Waals surface area contributed by atoms with Crippen LogP contribution >= 0.6 is 22.6 Å². The smallest absolute Gasteiger partial charge is 0.197 e. The molecular formula is C13H16IN5. The summed E-state index contributed by atoms with van der Waals surface area (Å²) >= 11 is 2.35. The molecule has 0 amide bonds. The molecule has 0 bridgehead atoms. The Hall–Kier alpha value is -1.18. The van der Waals surface area contributed by atoms with Crippen LogP contribution in [0.5, 0.6) is 0 Å². The van der Waals surface area contributed by atoms with Gasteiger partial charge in [-0.2, -0.15) is 0 Å². The molecule has 0 spiro atoms. The summed E-state index contributed by atoms with van der Waals surface area (Å²) in [7, 11) is 0. The van der Waals surface area contributed by atoms with Gasteiger partial charge in [0.15, 0.2) is 11.6 Å². The maximum absolute atomic E-state index is 4.69. The Bertz CT molecular complexity index is 563. The standard InChI is InChI=1S/C13H16IN5/c1-2-5-15-11-9(14)10(8-3-4-8)18-13(19-11)12-16-6-7-17-12/h6-8H,2-5H2,1H3,(H,16,17)(H,15,18,19). The molecule has 0 radical (unpaired) electrons. The Morgan fingerprint density at radius 2 is 2.26 bits per heavy atom. The molecule has 2 heterocycles. The summed E-state index contributed by atoms with van der Waals surface area (Å²) in [4.78, 5) is 16.6. The molecule has 0 unspecified atom stereocenters. The Morgan fingerprint density at radius 1 is 1.42 bits per heavy atom. The summed E-state index contributed by atoms with van der Waals surface area (Å²) in [6.45, 7) is 3.07. The summed E-state index contributed by atoms with van der Waals surface area (Å²) in [6, 6.07) is 0. The van der Waals surface area contributed by atoms with E-state index in [-0.39, 0.29) is 0 Å². The first kappa shape index (κ1) is 12.8. The van der Waals surface area contributed by atoms with Crippen LogP contribution in [0.2, 0.25) is 0 Å². The molecule has 2 N–H and O–H groups in total. The van der Waals surface area contributed by atoms with Gasteiger partial charge in [-0.3, -0.25) is 0 Å². The van der Waals surface area contributed by atoms with Gasteiger partial charge < -0.3 is 10.3 Å². The van der Waals surface area contributed by atoms with Crippen LogP contribution in [0.4, 0.5) is 5.82 Å². The zero-order chi connectivity index (χ0) is 13.2. The first-order chi connectivity index (χ1) is 9.29. The summed E-state index contributed by atoms with van der Waals surface area (Å²) in [5, 5.41) is 3.39. The van der Waals surface area contributed by atoms with Gasteiger partial charge in [0, 0.05) is 24.9 Å². The third kappa shape index (κ3) is 2.72. The van der Waals surface area contributed by atoms with Crippen molar-refractivity contribution >= 4 is 28.4 Å². The molecule has 6 heteroatoms. The Morgan fingerprint density at radius 3 is 2.89 bits per heavy atom. The number of hydrogen-bond acceptors (Lipinski definition) is 4. The second-order valence-corrected chi connectivity index (χ2v) is 5.81. The van der Waals surface area contributed by atoms with Crippen LogP contribution in [0.15, 0.2) is 12.4 Å². The summed E-state index contributed by atoms with van der Waals surface area (Å²) in [6.07, 6.45) is 7.07. The SMILES string of the molecule is CCCNc1nc(-c2ncc[nH]2)nc(C2CC2)c1I. The Balaban J connectivity index is 2.02. The Labute approximate surface area is 125 Å². The van der Waals surface area contributed by atoms with Gasteiger partial charge in [0.25, 0.3) is 0 Å². The lowest BCUT2D eigenvalue weighted by atomic mass is 10.2. The number of nitrogens with one attached hydrogen (secondary N) is 2. The normalized spacial score (nSPS) is 14.6. The van der Waals surface area contributed by atoms with Crippen LogP contribution < -0.4 is 5.32 Å². The zero-order valence-electron chi connectivity index (χ0n) is 10.8. The largest absolute Gasteiger partial charge is 0.369 e. The van der Waals surface area contributed by atoms with Crippen LogP contribution in [-0.4, -0.2) is 26.5 Å². The highest BCUT2D eigenvalue weighted by atomic mass is 127. The fourth-order valence-corrected chi connectivity index (χ4v) is 2.82. The Kier molecular flexibility index (Phi) is 3.67. The molecule has 100 valence electrons. The van der Waals surface area contributed by atoms with Gasteiger partial charge >= 0.3 is 0 Å². The molecule has 1 saturated carbocycles. The predicted octanol–water partition coefficient (Wildman–Crippen LogP) is 3.17. The van der Waals surface area contributed by atoms with Gasteiger partial charge in [-0.25, -0.2) is 15.0 Å². The second-order valence-electron chi connectivity index (χ2n) is 4.73. The van der Waals surface area contributed by atoms with Gasteiger partial charge in [-0.05, 0) is 41.9 Å². The van der Waals surface area contributed by atoms with Crippen molar-refractivity contribution in [2.24, 2.45) is 0 Å². The first-order valence-corrected chi connectivity index (χ1v) is 7.68. The zero-order valence-corrected chi connectivity index (χ0v) is 12.9. The molecule has 2 aromatic heterocycles. The van der Waals surface area contributed by atoms with Gasteiger partial charge in [-0.1, -0.05) is 6.92 Å². The summed E-state index contributed by atoms with van der Waals surface area (Å²) < 4.78 is 1.16. The molecule has 0 atom stereocenters. The van der Waals surface area contributed by atoms with Gasteiger partial charge in [0.2, 0.25) is 0 Å². The number of H-pyrrole nitrogens is 1. The van der Waals surface area contributed by atoms with E-state index in [9.17, 15) is 0 Å². The molecule has 0 aromatic carbocycles. The van der Waals surface area contributed by atoms with Crippen LogP contribution in [0, 0.1) is 3.57 Å². The highest BCUT2D eigenvalue weighted by Crippen LogP contribution is 2.42. The van der Waals surface area contributed by atoms with Crippen molar-refractivity contribution in [3.05, 3.63) is 21.7 Å². The summed E-state index contributed by atoms with van der Waals surface area (Å²) in [5.41, 5.74) is 1.17. The van der Waals surface area contributed by atoms with Crippen molar-refractivity contribution in [3.8, 4) is 11.6 Å². The minimum atomic E-state index is 0.603. The fourth-order valence-electron chi connectivity index (χ4n) is 1.95. The molecule has 1 aliphatic rings. The van der Waals surface area contributed by atoms with Crippen LogP contribution in [-0.2, 0) is 0 Å². The number of hydrogen-bond donors (Lipinski definition) is 2. The van der Waals surface area contributed by atoms with Crippen molar-refractivity contribution in [1.29, 1.82) is 0 Å². The molecule has 2 aromatic rings. The van der Waals surface area contributed by atoms with Crippen LogP contribution in [0.3, 0.4) is 0 Å². The van der Waals surface area contributed by atoms with Gasteiger partial charge in [0.1, 0.15) is 5.82 Å². The molecule has 0 aliphatic heterocycles. The monoisotopic (exact) mass is 369 g/mol. The van der Waals surface area contributed by atoms with E-state index in [1.165, 1.54) is 18.5 Å². The van der Waals surface area contributed by atoms with Crippen molar-refractivity contribution in [3.63, 3.8) is 0 Å². The molecule has 3 rings (SSSR count). The third-order valence-corrected chi connectivity index (χ3v) is 4.16. The number of anilines is 1. The van der Waals surface area contributed by atoms with E-state index < -0.39 is 0 Å². The molecule has 5 nitrogen and oxygen atoms in total. The number of imidazole rings is 1. The second kappa shape index (κ2) is 5.44. The van der Waals surface area contributed by atoms with E-state index >= 15 is 0 Å². The molecule has 0 saturated heterocycles. The van der Waals surface area contributed by atoms with Crippen LogP contribution in [0.25, 0.3) is 11.6 Å². The lowest BCUT2D eigenvalue weighted by molar-refractivity contribution is 0.933. The number of aromatic amines is 1. The lowest BCUT2D eigenvalue weighted by Gasteiger charge is -2.11. The highest BCUT2D eigenvalue weighted by molar-refractivity contribution is 14.1. The molecule has 1 aliphatic carbocycles. The van der Waals surface area contributed by atoms with Crippen LogP contribution in [0.1, 0.15) is 37.8 Å². The lowest BCUT2D eigenvalue weighted by Crippen LogP contribution is -2.09. The third-order valence-electron chi connectivity index (χ3n) is 3.09. The maximum Gasteiger partial charge on any atom is 0.197 e. The first-order valence-electron chi connectivity index (χ1n) is 6.60. The van der Waals surface area contributed by atoms with Crippen molar-refractivity contribution in [1.82, 2.24) is 19.9 Å². The molecule has 19 heavy (non-hydrogen) atoms. The number of rotatable bonds is 5. The summed E-state index contributed by atoms with van der Waals surface area (Å²) in [5.74, 6) is 2.96. The quantitative estimate of drug-likeness (QED) is 0.795. The van der Waals surface area contributed by atoms with E-state index in [2.05, 4.69) is 49.8 Å². The average Bonchev–Trinajstić information content (AvgIpc) is 3.11. The predicted molar refractivity (Wildman–Crippen MR) is 83.1 cm³/mol. The number of aromatic nitrogens is 4. The van der Waals surface area contributed by atoms with Crippen molar-refractivity contribution < 1.29 is 0 Å². The van der Waals surface area contributed by atoms with E-state index in [1.807, 2.05) is 0 Å². The fraction of sp³-hybridized carbons (Fsp3) is 0.462. The van der Waals surface area contributed by atoms with E-state index in [1.54, 1.807) is 12.4 Å². The number of halogens is 1. The van der Waals surface area contributed by atoms with E-state index in [0.29, 0.717) is 11.7 Å². The minimum absolute atomic E-state index is 0.603.